The van der Waals surface area contributed by atoms with Crippen LogP contribution in [0.3, 0.4) is 0 Å². The minimum atomic E-state index is -0.230. The summed E-state index contributed by atoms with van der Waals surface area (Å²) in [6.45, 7) is 3.94. The van der Waals surface area contributed by atoms with E-state index in [0.717, 1.165) is 12.1 Å². The van der Waals surface area contributed by atoms with E-state index < -0.39 is 0 Å². The molecule has 0 spiro atoms. The SMILES string of the molecule is CCC(C)NC(=O)c1ccc(Nc2ccc(C#N)cc2)nn1. The fraction of sp³-hybridized carbons (Fsp3) is 0.250. The Kier molecular flexibility index (Phi) is 5.04. The van der Waals surface area contributed by atoms with Crippen LogP contribution in [-0.2, 0) is 0 Å². The van der Waals surface area contributed by atoms with Gasteiger partial charge in [-0.25, -0.2) is 0 Å². The smallest absolute Gasteiger partial charge is 0.272 e. The number of hydrogen-bond acceptors (Lipinski definition) is 5. The summed E-state index contributed by atoms with van der Waals surface area (Å²) in [5.74, 6) is 0.302. The highest BCUT2D eigenvalue weighted by molar-refractivity contribution is 5.92. The zero-order valence-corrected chi connectivity index (χ0v) is 12.5. The van der Waals surface area contributed by atoms with E-state index in [1.54, 1.807) is 36.4 Å². The Morgan fingerprint density at radius 2 is 1.95 bits per heavy atom. The average Bonchev–Trinajstić information content (AvgIpc) is 2.56. The summed E-state index contributed by atoms with van der Waals surface area (Å²) in [7, 11) is 0. The lowest BCUT2D eigenvalue weighted by molar-refractivity contribution is 0.0933. The van der Waals surface area contributed by atoms with Crippen molar-refractivity contribution >= 4 is 17.4 Å². The molecule has 6 heteroatoms. The molecular weight excluding hydrogens is 278 g/mol. The summed E-state index contributed by atoms with van der Waals surface area (Å²) in [5, 5.41) is 22.5. The molecule has 112 valence electrons. The highest BCUT2D eigenvalue weighted by atomic mass is 16.2. The molecule has 0 saturated carbocycles. The number of nitrogens with zero attached hydrogens (tertiary/aromatic N) is 3. The highest BCUT2D eigenvalue weighted by Crippen LogP contribution is 2.14. The Bertz CT molecular complexity index is 673. The molecule has 1 unspecified atom stereocenters. The Hall–Kier alpha value is -2.94. The first kappa shape index (κ1) is 15.4. The monoisotopic (exact) mass is 295 g/mol. The van der Waals surface area contributed by atoms with Crippen LogP contribution >= 0.6 is 0 Å². The van der Waals surface area contributed by atoms with Gasteiger partial charge in [-0.2, -0.15) is 5.26 Å². The maximum Gasteiger partial charge on any atom is 0.272 e. The number of anilines is 2. The molecule has 0 fully saturated rings. The van der Waals surface area contributed by atoms with Crippen LogP contribution in [0.2, 0.25) is 0 Å². The number of benzene rings is 1. The predicted molar refractivity (Wildman–Crippen MR) is 83.7 cm³/mol. The number of aromatic nitrogens is 2. The number of nitrogens with one attached hydrogen (secondary N) is 2. The molecule has 1 heterocycles. The molecule has 2 N–H and O–H groups in total. The van der Waals surface area contributed by atoms with Crippen LogP contribution in [0.5, 0.6) is 0 Å². The number of amides is 1. The second kappa shape index (κ2) is 7.18. The maximum absolute atomic E-state index is 11.9. The minimum Gasteiger partial charge on any atom is -0.348 e. The predicted octanol–water partition coefficient (Wildman–Crippen LogP) is 2.62. The van der Waals surface area contributed by atoms with Gasteiger partial charge in [-0.05, 0) is 49.7 Å². The van der Waals surface area contributed by atoms with Crippen molar-refractivity contribution < 1.29 is 4.79 Å². The third-order valence-electron chi connectivity index (χ3n) is 3.17. The van der Waals surface area contributed by atoms with Gasteiger partial charge in [0.2, 0.25) is 0 Å². The molecular formula is C16H17N5O. The van der Waals surface area contributed by atoms with Crippen molar-refractivity contribution in [2.75, 3.05) is 5.32 Å². The fourth-order valence-corrected chi connectivity index (χ4v) is 1.70. The van der Waals surface area contributed by atoms with E-state index in [1.165, 1.54) is 0 Å². The first-order valence-electron chi connectivity index (χ1n) is 7.04. The second-order valence-corrected chi connectivity index (χ2v) is 4.90. The van der Waals surface area contributed by atoms with Crippen LogP contribution in [0.15, 0.2) is 36.4 Å². The van der Waals surface area contributed by atoms with Gasteiger partial charge in [0.25, 0.3) is 5.91 Å². The molecule has 0 radical (unpaired) electrons. The van der Waals surface area contributed by atoms with Gasteiger partial charge in [0.15, 0.2) is 11.5 Å². The molecule has 6 nitrogen and oxygen atoms in total. The van der Waals surface area contributed by atoms with E-state index >= 15 is 0 Å². The van der Waals surface area contributed by atoms with Crippen molar-refractivity contribution in [3.05, 3.63) is 47.7 Å². The molecule has 1 amide bonds. The van der Waals surface area contributed by atoms with Crippen LogP contribution in [-0.4, -0.2) is 22.1 Å². The van der Waals surface area contributed by atoms with Crippen molar-refractivity contribution in [1.29, 1.82) is 5.26 Å². The Morgan fingerprint density at radius 3 is 2.50 bits per heavy atom. The van der Waals surface area contributed by atoms with E-state index in [2.05, 4.69) is 26.9 Å². The Balaban J connectivity index is 2.02. The molecule has 2 rings (SSSR count). The minimum absolute atomic E-state index is 0.103. The van der Waals surface area contributed by atoms with Crippen LogP contribution in [0.4, 0.5) is 11.5 Å². The normalized spacial score (nSPS) is 11.3. The van der Waals surface area contributed by atoms with Crippen molar-refractivity contribution in [2.24, 2.45) is 0 Å². The van der Waals surface area contributed by atoms with Crippen LogP contribution in [0.25, 0.3) is 0 Å². The van der Waals surface area contributed by atoms with E-state index in [4.69, 9.17) is 5.26 Å². The molecule has 1 aromatic heterocycles. The average molecular weight is 295 g/mol. The van der Waals surface area contributed by atoms with Gasteiger partial charge >= 0.3 is 0 Å². The quantitative estimate of drug-likeness (QED) is 0.884. The standard InChI is InChI=1S/C16H17N5O/c1-3-11(2)18-16(22)14-8-9-15(21-20-14)19-13-6-4-12(10-17)5-7-13/h4-9,11H,3H2,1-2H3,(H,18,22)(H,19,21). The number of hydrogen-bond donors (Lipinski definition) is 2. The highest BCUT2D eigenvalue weighted by Gasteiger charge is 2.10. The Morgan fingerprint density at radius 1 is 1.23 bits per heavy atom. The third kappa shape index (κ3) is 4.03. The van der Waals surface area contributed by atoms with Crippen molar-refractivity contribution in [1.82, 2.24) is 15.5 Å². The zero-order chi connectivity index (χ0) is 15.9. The van der Waals surface area contributed by atoms with Crippen molar-refractivity contribution in [3.8, 4) is 6.07 Å². The number of rotatable bonds is 5. The van der Waals surface area contributed by atoms with Gasteiger partial charge in [0.1, 0.15) is 0 Å². The van der Waals surface area contributed by atoms with Crippen molar-refractivity contribution in [2.45, 2.75) is 26.3 Å². The number of carbonyl (C=O) groups is 1. The number of carbonyl (C=O) groups excluding carboxylic acids is 1. The van der Waals surface area contributed by atoms with Crippen molar-refractivity contribution in [3.63, 3.8) is 0 Å². The second-order valence-electron chi connectivity index (χ2n) is 4.90. The summed E-state index contributed by atoms with van der Waals surface area (Å²) in [5.41, 5.74) is 1.67. The largest absolute Gasteiger partial charge is 0.348 e. The van der Waals surface area contributed by atoms with E-state index in [-0.39, 0.29) is 17.6 Å². The summed E-state index contributed by atoms with van der Waals surface area (Å²) in [4.78, 5) is 11.9. The summed E-state index contributed by atoms with van der Waals surface area (Å²) in [6.07, 6.45) is 0.859. The Labute approximate surface area is 129 Å². The van der Waals surface area contributed by atoms with Crippen LogP contribution < -0.4 is 10.6 Å². The molecule has 22 heavy (non-hydrogen) atoms. The van der Waals surface area contributed by atoms with Gasteiger partial charge in [-0.3, -0.25) is 4.79 Å². The summed E-state index contributed by atoms with van der Waals surface area (Å²) < 4.78 is 0. The molecule has 2 aromatic rings. The summed E-state index contributed by atoms with van der Waals surface area (Å²) in [6, 6.07) is 12.5. The maximum atomic E-state index is 11.9. The van der Waals surface area contributed by atoms with Gasteiger partial charge < -0.3 is 10.6 Å². The molecule has 0 aliphatic rings. The van der Waals surface area contributed by atoms with Gasteiger partial charge in [-0.15, -0.1) is 10.2 Å². The molecule has 1 atom stereocenters. The van der Waals surface area contributed by atoms with E-state index in [0.29, 0.717) is 11.4 Å². The van der Waals surface area contributed by atoms with E-state index in [9.17, 15) is 4.79 Å². The lowest BCUT2D eigenvalue weighted by Gasteiger charge is -2.10. The van der Waals surface area contributed by atoms with Gasteiger partial charge in [0.05, 0.1) is 11.6 Å². The molecule has 0 aliphatic heterocycles. The number of nitriles is 1. The topological polar surface area (TPSA) is 90.7 Å². The van der Waals surface area contributed by atoms with Crippen LogP contribution in [0.1, 0.15) is 36.3 Å². The first-order valence-corrected chi connectivity index (χ1v) is 7.04. The van der Waals surface area contributed by atoms with Gasteiger partial charge in [-0.1, -0.05) is 6.92 Å². The molecule has 0 aliphatic carbocycles. The van der Waals surface area contributed by atoms with Crippen LogP contribution in [0, 0.1) is 11.3 Å². The van der Waals surface area contributed by atoms with E-state index in [1.807, 2.05) is 13.8 Å². The molecule has 0 saturated heterocycles. The third-order valence-corrected chi connectivity index (χ3v) is 3.17. The lowest BCUT2D eigenvalue weighted by atomic mass is 10.2. The fourth-order valence-electron chi connectivity index (χ4n) is 1.70. The van der Waals surface area contributed by atoms with Gasteiger partial charge in [0, 0.05) is 11.7 Å². The zero-order valence-electron chi connectivity index (χ0n) is 12.5. The first-order chi connectivity index (χ1) is 10.6. The molecule has 0 bridgehead atoms. The lowest BCUT2D eigenvalue weighted by Crippen LogP contribution is -2.32. The summed E-state index contributed by atoms with van der Waals surface area (Å²) >= 11 is 0. The molecule has 1 aromatic carbocycles.